The number of unbranched alkanes of at least 4 members (excludes halogenated alkanes) is 2. The third-order valence-electron chi connectivity index (χ3n) is 6.86. The number of carbonyl (C=O) groups is 1. The van der Waals surface area contributed by atoms with E-state index >= 15 is 0 Å². The van der Waals surface area contributed by atoms with E-state index < -0.39 is 42.3 Å². The second-order valence-corrected chi connectivity index (χ2v) is 10.6. The van der Waals surface area contributed by atoms with Gasteiger partial charge in [-0.15, -0.1) is 0 Å². The van der Waals surface area contributed by atoms with Crippen LogP contribution in [-0.2, 0) is 22.4 Å². The number of fused-ring (bicyclic) bond motifs is 1. The van der Waals surface area contributed by atoms with Crippen LogP contribution in [-0.4, -0.2) is 25.4 Å². The van der Waals surface area contributed by atoms with E-state index in [1.165, 1.54) is 24.1 Å². The van der Waals surface area contributed by atoms with Crippen LogP contribution in [0.25, 0.3) is 22.1 Å². The van der Waals surface area contributed by atoms with E-state index in [-0.39, 0.29) is 11.3 Å². The Balaban J connectivity index is 1.83. The highest BCUT2D eigenvalue weighted by Gasteiger charge is 2.53. The average Bonchev–Trinajstić information content (AvgIpc) is 2.89. The van der Waals surface area contributed by atoms with Gasteiger partial charge in [-0.25, -0.2) is 4.79 Å². The molecule has 0 radical (unpaired) electrons. The van der Waals surface area contributed by atoms with Crippen molar-refractivity contribution >= 4 is 16.9 Å². The van der Waals surface area contributed by atoms with Crippen LogP contribution in [0.4, 0.5) is 13.2 Å². The number of ether oxygens (including phenoxy) is 2. The molecule has 0 saturated heterocycles. The molecule has 1 aromatic heterocycles. The van der Waals surface area contributed by atoms with Gasteiger partial charge in [-0.3, -0.25) is 4.79 Å². The van der Waals surface area contributed by atoms with Gasteiger partial charge in [-0.2, -0.15) is 13.2 Å². The summed E-state index contributed by atoms with van der Waals surface area (Å²) in [5.74, 6) is -1.16. The smallest absolute Gasteiger partial charge is 0.400 e. The normalized spacial score (nSPS) is 13.5. The van der Waals surface area contributed by atoms with Crippen LogP contribution < -0.4 is 10.4 Å². The molecule has 212 valence electrons. The summed E-state index contributed by atoms with van der Waals surface area (Å²) in [6, 6.07) is 12.4. The van der Waals surface area contributed by atoms with Crippen LogP contribution in [0.5, 0.6) is 5.75 Å². The number of alkyl halides is 3. The van der Waals surface area contributed by atoms with E-state index in [1.54, 1.807) is 26.0 Å². The van der Waals surface area contributed by atoms with Crippen molar-refractivity contribution in [2.75, 3.05) is 13.2 Å². The van der Waals surface area contributed by atoms with E-state index in [1.807, 2.05) is 19.1 Å². The van der Waals surface area contributed by atoms with E-state index in [0.717, 1.165) is 43.7 Å². The lowest BCUT2D eigenvalue weighted by atomic mass is 9.92. The predicted molar refractivity (Wildman–Crippen MR) is 146 cm³/mol. The Morgan fingerprint density at radius 2 is 1.72 bits per heavy atom. The molecule has 0 fully saturated rings. The summed E-state index contributed by atoms with van der Waals surface area (Å²) in [6.07, 6.45) is 0.510. The number of rotatable bonds is 12. The summed E-state index contributed by atoms with van der Waals surface area (Å²) >= 11 is 0. The molecule has 0 aliphatic rings. The molecular weight excluding hydrogens is 509 g/mol. The summed E-state index contributed by atoms with van der Waals surface area (Å²) in [4.78, 5) is 24.7. The van der Waals surface area contributed by atoms with Gasteiger partial charge in [-0.05, 0) is 61.1 Å². The summed E-state index contributed by atoms with van der Waals surface area (Å²) in [6.45, 7) is 6.60. The van der Waals surface area contributed by atoms with Crippen LogP contribution in [0.15, 0.2) is 51.7 Å². The number of benzene rings is 2. The molecule has 3 aromatic rings. The molecule has 0 spiro atoms. The largest absolute Gasteiger partial charge is 0.492 e. The third kappa shape index (κ3) is 7.43. The van der Waals surface area contributed by atoms with Gasteiger partial charge < -0.3 is 13.9 Å². The molecule has 0 aliphatic heterocycles. The molecule has 0 aliphatic carbocycles. The molecule has 0 saturated carbocycles. The van der Waals surface area contributed by atoms with Gasteiger partial charge >= 0.3 is 17.8 Å². The molecule has 0 bridgehead atoms. The lowest BCUT2D eigenvalue weighted by molar-refractivity contribution is -0.241. The number of hydrogen-bond acceptors (Lipinski definition) is 5. The second kappa shape index (κ2) is 12.7. The fraction of sp³-hybridized carbons (Fsp3) is 0.484. The minimum absolute atomic E-state index is 0.106. The van der Waals surface area contributed by atoms with Crippen molar-refractivity contribution in [2.45, 2.75) is 72.9 Å². The van der Waals surface area contributed by atoms with Gasteiger partial charge in [0, 0.05) is 11.5 Å². The van der Waals surface area contributed by atoms with Gasteiger partial charge in [0.05, 0.1) is 11.5 Å². The first-order chi connectivity index (χ1) is 18.4. The Labute approximate surface area is 227 Å². The number of hydrogen-bond donors (Lipinski definition) is 0. The summed E-state index contributed by atoms with van der Waals surface area (Å²) in [7, 11) is 0. The Hall–Kier alpha value is -3.29. The van der Waals surface area contributed by atoms with Gasteiger partial charge in [0.1, 0.15) is 30.0 Å². The van der Waals surface area contributed by atoms with Crippen molar-refractivity contribution in [1.29, 1.82) is 0 Å². The zero-order valence-electron chi connectivity index (χ0n) is 23.2. The van der Waals surface area contributed by atoms with E-state index in [4.69, 9.17) is 13.9 Å². The maximum Gasteiger partial charge on any atom is 0.400 e. The topological polar surface area (TPSA) is 65.7 Å². The van der Waals surface area contributed by atoms with Crippen LogP contribution in [0.2, 0.25) is 0 Å². The van der Waals surface area contributed by atoms with E-state index in [2.05, 4.69) is 13.0 Å². The van der Waals surface area contributed by atoms with Crippen molar-refractivity contribution < 1.29 is 31.9 Å². The maximum atomic E-state index is 13.8. The average molecular weight is 547 g/mol. The predicted octanol–water partition coefficient (Wildman–Crippen LogP) is 7.90. The van der Waals surface area contributed by atoms with Crippen molar-refractivity contribution in [2.24, 2.45) is 11.3 Å². The number of aryl methyl sites for hydroxylation is 2. The summed E-state index contributed by atoms with van der Waals surface area (Å²) in [5.41, 5.74) is 0.788. The quantitative estimate of drug-likeness (QED) is 0.131. The van der Waals surface area contributed by atoms with Crippen molar-refractivity contribution in [3.63, 3.8) is 0 Å². The van der Waals surface area contributed by atoms with Crippen molar-refractivity contribution in [3.8, 4) is 16.9 Å². The highest BCUT2D eigenvalue weighted by Crippen LogP contribution is 2.39. The molecule has 39 heavy (non-hydrogen) atoms. The molecule has 5 nitrogen and oxygen atoms in total. The summed E-state index contributed by atoms with van der Waals surface area (Å²) < 4.78 is 57.3. The molecule has 2 aromatic carbocycles. The minimum Gasteiger partial charge on any atom is -0.492 e. The van der Waals surface area contributed by atoms with Crippen molar-refractivity contribution in [1.82, 2.24) is 0 Å². The first-order valence-corrected chi connectivity index (χ1v) is 13.4. The monoisotopic (exact) mass is 546 g/mol. The number of esters is 1. The standard InChI is InChI=1S/C31H37F3O5/c1-6-8-9-10-21-11-14-25(22(7-2)15-21)26-16-23-12-13-24(17-27(23)39-29(26)36)37-18-30(5,31(32,33)34)19-38-28(35)20(3)4/h11-17,20H,6-10,18-19H2,1-5H3. The molecule has 8 heteroatoms. The Bertz CT molecular complexity index is 1340. The molecule has 1 unspecified atom stereocenters. The van der Waals surface area contributed by atoms with E-state index in [0.29, 0.717) is 10.9 Å². The lowest BCUT2D eigenvalue weighted by Crippen LogP contribution is -2.45. The highest BCUT2D eigenvalue weighted by atomic mass is 19.4. The zero-order chi connectivity index (χ0) is 28.8. The van der Waals surface area contributed by atoms with Crippen molar-refractivity contribution in [3.05, 3.63) is 64.0 Å². The van der Waals surface area contributed by atoms with Crippen LogP contribution in [0, 0.1) is 11.3 Å². The Morgan fingerprint density at radius 3 is 2.36 bits per heavy atom. The van der Waals surface area contributed by atoms with Gasteiger partial charge in [-0.1, -0.05) is 58.7 Å². The summed E-state index contributed by atoms with van der Waals surface area (Å²) in [5, 5.41) is 0.621. The van der Waals surface area contributed by atoms with Crippen LogP contribution in [0.1, 0.15) is 65.0 Å². The first kappa shape index (κ1) is 30.3. The number of halogens is 3. The van der Waals surface area contributed by atoms with Gasteiger partial charge in [0.25, 0.3) is 0 Å². The molecule has 0 amide bonds. The first-order valence-electron chi connectivity index (χ1n) is 13.4. The Kier molecular flexibility index (Phi) is 9.86. The highest BCUT2D eigenvalue weighted by molar-refractivity contribution is 5.83. The van der Waals surface area contributed by atoms with E-state index in [9.17, 15) is 22.8 Å². The number of carbonyl (C=O) groups excluding carboxylic acids is 1. The molecule has 0 N–H and O–H groups in total. The van der Waals surface area contributed by atoms with Crippen LogP contribution in [0.3, 0.4) is 0 Å². The fourth-order valence-electron chi connectivity index (χ4n) is 4.15. The second-order valence-electron chi connectivity index (χ2n) is 10.6. The molecule has 3 rings (SSSR count). The van der Waals surface area contributed by atoms with Gasteiger partial charge in [0.15, 0.2) is 0 Å². The maximum absolute atomic E-state index is 13.8. The molecular formula is C31H37F3O5. The minimum atomic E-state index is -4.68. The molecule has 1 atom stereocenters. The zero-order valence-corrected chi connectivity index (χ0v) is 23.2. The molecule has 1 heterocycles. The van der Waals surface area contributed by atoms with Gasteiger partial charge in [0.2, 0.25) is 0 Å². The third-order valence-corrected chi connectivity index (χ3v) is 6.86. The fourth-order valence-corrected chi connectivity index (χ4v) is 4.15. The SMILES string of the molecule is CCCCCc1ccc(-c2cc3ccc(OCC(C)(COC(=O)C(C)C)C(F)(F)F)cc3oc2=O)c(CC)c1. The van der Waals surface area contributed by atoms with Crippen LogP contribution >= 0.6 is 0 Å². The Morgan fingerprint density at radius 1 is 0.974 bits per heavy atom. The lowest BCUT2D eigenvalue weighted by Gasteiger charge is -2.31.